The van der Waals surface area contributed by atoms with E-state index < -0.39 is 0 Å². The first kappa shape index (κ1) is 16.5. The fourth-order valence-corrected chi connectivity index (χ4v) is 3.38. The van der Waals surface area contributed by atoms with Gasteiger partial charge >= 0.3 is 0 Å². The van der Waals surface area contributed by atoms with Crippen molar-refractivity contribution in [3.8, 4) is 0 Å². The van der Waals surface area contributed by atoms with Crippen molar-refractivity contribution in [2.75, 3.05) is 6.54 Å². The molecule has 3 nitrogen and oxygen atoms in total. The zero-order valence-electron chi connectivity index (χ0n) is 14.4. The molecule has 1 unspecified atom stereocenters. The van der Waals surface area contributed by atoms with E-state index in [0.29, 0.717) is 11.3 Å². The van der Waals surface area contributed by atoms with Crippen LogP contribution in [0, 0.1) is 11.3 Å². The molecular formula is C18H32N2O. The van der Waals surface area contributed by atoms with Crippen molar-refractivity contribution in [2.24, 2.45) is 11.3 Å². The number of aromatic nitrogens is 1. The van der Waals surface area contributed by atoms with Gasteiger partial charge in [-0.3, -0.25) is 0 Å². The minimum Gasteiger partial charge on any atom is -0.444 e. The minimum absolute atomic E-state index is 0.213. The van der Waals surface area contributed by atoms with Crippen LogP contribution in [-0.4, -0.2) is 11.5 Å². The van der Waals surface area contributed by atoms with Gasteiger partial charge in [0, 0.05) is 5.92 Å². The normalized spacial score (nSPS) is 25.0. The van der Waals surface area contributed by atoms with Crippen molar-refractivity contribution >= 4 is 0 Å². The smallest absolute Gasteiger partial charge is 0.211 e. The van der Waals surface area contributed by atoms with Crippen LogP contribution < -0.4 is 5.32 Å². The van der Waals surface area contributed by atoms with E-state index in [0.717, 1.165) is 30.5 Å². The summed E-state index contributed by atoms with van der Waals surface area (Å²) in [5.74, 6) is 3.36. The Labute approximate surface area is 129 Å². The first-order valence-electron chi connectivity index (χ1n) is 8.60. The molecule has 0 radical (unpaired) electrons. The maximum atomic E-state index is 6.03. The average Bonchev–Trinajstić information content (AvgIpc) is 2.94. The van der Waals surface area contributed by atoms with E-state index >= 15 is 0 Å². The molecule has 1 aromatic heterocycles. The summed E-state index contributed by atoms with van der Waals surface area (Å²) in [6.07, 6.45) is 8.21. The molecule has 0 aromatic carbocycles. The van der Waals surface area contributed by atoms with E-state index in [-0.39, 0.29) is 6.04 Å². The van der Waals surface area contributed by atoms with Crippen LogP contribution in [-0.2, 0) is 0 Å². The Morgan fingerprint density at radius 2 is 1.95 bits per heavy atom. The Kier molecular flexibility index (Phi) is 5.48. The molecule has 1 atom stereocenters. The second-order valence-corrected chi connectivity index (χ2v) is 7.69. The van der Waals surface area contributed by atoms with Gasteiger partial charge in [0.05, 0.1) is 12.2 Å². The van der Waals surface area contributed by atoms with Crippen LogP contribution in [0.4, 0.5) is 0 Å². The van der Waals surface area contributed by atoms with Crippen LogP contribution in [0.25, 0.3) is 0 Å². The Morgan fingerprint density at radius 1 is 1.29 bits per heavy atom. The lowest BCUT2D eigenvalue weighted by molar-refractivity contribution is 0.162. The predicted octanol–water partition coefficient (Wildman–Crippen LogP) is 5.06. The van der Waals surface area contributed by atoms with Crippen molar-refractivity contribution in [2.45, 2.75) is 78.7 Å². The maximum absolute atomic E-state index is 6.03. The standard InChI is InChI=1S/C18H32N2O/c1-6-11-19-13(2)17-20-12-16(21-17)14-7-9-15(10-8-14)18(3,4)5/h12-15,19H,6-11H2,1-5H3. The second kappa shape index (κ2) is 6.95. The van der Waals surface area contributed by atoms with Crippen LogP contribution in [0.1, 0.15) is 90.3 Å². The number of oxazole rings is 1. The molecule has 1 saturated carbocycles. The summed E-state index contributed by atoms with van der Waals surface area (Å²) in [4.78, 5) is 4.48. The van der Waals surface area contributed by atoms with Crippen molar-refractivity contribution in [1.29, 1.82) is 0 Å². The largest absolute Gasteiger partial charge is 0.444 e. The quantitative estimate of drug-likeness (QED) is 0.824. The third kappa shape index (κ3) is 4.32. The lowest BCUT2D eigenvalue weighted by Crippen LogP contribution is -2.25. The summed E-state index contributed by atoms with van der Waals surface area (Å²) in [7, 11) is 0. The highest BCUT2D eigenvalue weighted by Crippen LogP contribution is 2.43. The highest BCUT2D eigenvalue weighted by atomic mass is 16.4. The molecule has 1 N–H and O–H groups in total. The first-order chi connectivity index (χ1) is 9.91. The monoisotopic (exact) mass is 292 g/mol. The number of nitrogens with one attached hydrogen (secondary N) is 1. The fraction of sp³-hybridized carbons (Fsp3) is 0.833. The van der Waals surface area contributed by atoms with Crippen molar-refractivity contribution in [3.63, 3.8) is 0 Å². The van der Waals surface area contributed by atoms with Crippen LogP contribution >= 0.6 is 0 Å². The third-order valence-corrected chi connectivity index (χ3v) is 4.97. The summed E-state index contributed by atoms with van der Waals surface area (Å²) in [5.41, 5.74) is 0.441. The molecule has 3 heteroatoms. The van der Waals surface area contributed by atoms with Crippen LogP contribution in [0.3, 0.4) is 0 Å². The SMILES string of the molecule is CCCNC(C)c1ncc(C2CCC(C(C)(C)C)CC2)o1. The molecule has 1 aliphatic carbocycles. The van der Waals surface area contributed by atoms with E-state index in [2.05, 4.69) is 44.9 Å². The molecule has 0 saturated heterocycles. The molecule has 21 heavy (non-hydrogen) atoms. The van der Waals surface area contributed by atoms with Gasteiger partial charge in [0.15, 0.2) is 0 Å². The number of hydrogen-bond donors (Lipinski definition) is 1. The van der Waals surface area contributed by atoms with Gasteiger partial charge in [0.25, 0.3) is 0 Å². The number of hydrogen-bond acceptors (Lipinski definition) is 3. The number of nitrogens with zero attached hydrogens (tertiary/aromatic N) is 1. The Bertz CT molecular complexity index is 425. The van der Waals surface area contributed by atoms with Gasteiger partial charge in [-0.05, 0) is 56.9 Å². The summed E-state index contributed by atoms with van der Waals surface area (Å²) in [5, 5.41) is 3.44. The van der Waals surface area contributed by atoms with Gasteiger partial charge in [-0.1, -0.05) is 27.7 Å². The van der Waals surface area contributed by atoms with Crippen LogP contribution in [0.15, 0.2) is 10.6 Å². The summed E-state index contributed by atoms with van der Waals surface area (Å²) in [6, 6.07) is 0.213. The predicted molar refractivity (Wildman–Crippen MR) is 87.4 cm³/mol. The number of rotatable bonds is 5. The van der Waals surface area contributed by atoms with E-state index in [1.54, 1.807) is 0 Å². The summed E-state index contributed by atoms with van der Waals surface area (Å²) in [6.45, 7) is 12.4. The molecule has 0 spiro atoms. The Balaban J connectivity index is 1.91. The van der Waals surface area contributed by atoms with Gasteiger partial charge in [0.1, 0.15) is 5.76 Å². The van der Waals surface area contributed by atoms with Gasteiger partial charge in [-0.15, -0.1) is 0 Å². The zero-order chi connectivity index (χ0) is 15.5. The van der Waals surface area contributed by atoms with Crippen molar-refractivity contribution < 1.29 is 4.42 Å². The molecule has 120 valence electrons. The lowest BCUT2D eigenvalue weighted by atomic mass is 9.69. The molecule has 1 aliphatic rings. The average molecular weight is 292 g/mol. The van der Waals surface area contributed by atoms with E-state index in [4.69, 9.17) is 4.42 Å². The fourth-order valence-electron chi connectivity index (χ4n) is 3.38. The molecule has 0 amide bonds. The molecule has 0 aliphatic heterocycles. The van der Waals surface area contributed by atoms with Crippen LogP contribution in [0.5, 0.6) is 0 Å². The Morgan fingerprint density at radius 3 is 2.52 bits per heavy atom. The van der Waals surface area contributed by atoms with Crippen molar-refractivity contribution in [1.82, 2.24) is 10.3 Å². The van der Waals surface area contributed by atoms with Gasteiger partial charge < -0.3 is 9.73 Å². The van der Waals surface area contributed by atoms with E-state index in [1.807, 2.05) is 6.20 Å². The summed E-state index contributed by atoms with van der Waals surface area (Å²) < 4.78 is 6.03. The van der Waals surface area contributed by atoms with Gasteiger partial charge in [0.2, 0.25) is 5.89 Å². The minimum atomic E-state index is 0.213. The van der Waals surface area contributed by atoms with Crippen LogP contribution in [0.2, 0.25) is 0 Å². The first-order valence-corrected chi connectivity index (χ1v) is 8.60. The van der Waals surface area contributed by atoms with E-state index in [9.17, 15) is 0 Å². The Hall–Kier alpha value is -0.830. The van der Waals surface area contributed by atoms with Gasteiger partial charge in [-0.2, -0.15) is 0 Å². The molecule has 1 fully saturated rings. The lowest BCUT2D eigenvalue weighted by Gasteiger charge is -2.36. The molecule has 1 aromatic rings. The molecule has 2 rings (SSSR count). The summed E-state index contributed by atoms with van der Waals surface area (Å²) >= 11 is 0. The second-order valence-electron chi connectivity index (χ2n) is 7.69. The van der Waals surface area contributed by atoms with Gasteiger partial charge in [-0.25, -0.2) is 4.98 Å². The highest BCUT2D eigenvalue weighted by Gasteiger charge is 2.31. The topological polar surface area (TPSA) is 38.1 Å². The molecular weight excluding hydrogens is 260 g/mol. The zero-order valence-corrected chi connectivity index (χ0v) is 14.4. The van der Waals surface area contributed by atoms with E-state index in [1.165, 1.54) is 25.7 Å². The molecule has 1 heterocycles. The third-order valence-electron chi connectivity index (χ3n) is 4.97. The molecule has 0 bridgehead atoms. The highest BCUT2D eigenvalue weighted by molar-refractivity contribution is 5.05. The van der Waals surface area contributed by atoms with Crippen molar-refractivity contribution in [3.05, 3.63) is 17.8 Å². The maximum Gasteiger partial charge on any atom is 0.211 e.